The Bertz CT molecular complexity index is 2590. The van der Waals surface area contributed by atoms with Gasteiger partial charge in [-0.3, -0.25) is 0 Å². The van der Waals surface area contributed by atoms with Gasteiger partial charge in [-0.1, -0.05) is 140 Å². The molecule has 0 aromatic heterocycles. The van der Waals surface area contributed by atoms with Crippen molar-refractivity contribution in [3.05, 3.63) is 182 Å². The molecule has 214 valence electrons. The number of benzene rings is 9. The lowest BCUT2D eigenvalue weighted by atomic mass is 9.94. The van der Waals surface area contributed by atoms with Gasteiger partial charge in [0.25, 0.3) is 0 Å². The monoisotopic (exact) mass is 582 g/mol. The maximum absolute atomic E-state index is 2.31. The molecule has 0 spiro atoms. The Labute approximate surface area is 268 Å². The molecule has 0 heteroatoms. The summed E-state index contributed by atoms with van der Waals surface area (Å²) in [4.78, 5) is 0. The molecule has 0 amide bonds. The summed E-state index contributed by atoms with van der Waals surface area (Å²) < 4.78 is 0. The van der Waals surface area contributed by atoms with E-state index in [-0.39, 0.29) is 0 Å². The van der Waals surface area contributed by atoms with Gasteiger partial charge in [-0.2, -0.15) is 0 Å². The van der Waals surface area contributed by atoms with E-state index < -0.39 is 0 Å². The van der Waals surface area contributed by atoms with Crippen LogP contribution < -0.4 is 0 Å². The minimum atomic E-state index is 1.23. The van der Waals surface area contributed by atoms with E-state index in [2.05, 4.69) is 182 Å². The van der Waals surface area contributed by atoms with Crippen molar-refractivity contribution in [2.75, 3.05) is 0 Å². The standard InChI is InChI=1S/C46H30/c1-3-8-33-24-37(14-12-31(33)6-1)35-10-5-11-36(26-35)38-16-17-42-29-44(20-18-40(42)27-38)46-23-22-43-28-41(19-21-45(43)30-46)39-15-13-32-7-2-4-9-34(32)25-39/h1-30H. The van der Waals surface area contributed by atoms with Crippen molar-refractivity contribution in [3.8, 4) is 44.5 Å². The molecule has 0 nitrogen and oxygen atoms in total. The van der Waals surface area contributed by atoms with E-state index in [1.54, 1.807) is 0 Å². The molecule has 0 saturated heterocycles. The first-order chi connectivity index (χ1) is 22.7. The van der Waals surface area contributed by atoms with E-state index in [1.165, 1.54) is 87.6 Å². The Morgan fingerprint density at radius 1 is 0.152 bits per heavy atom. The predicted octanol–water partition coefficient (Wildman–Crippen LogP) is 13.0. The van der Waals surface area contributed by atoms with Crippen molar-refractivity contribution in [2.24, 2.45) is 0 Å². The Hall–Kier alpha value is -5.98. The Morgan fingerprint density at radius 2 is 0.391 bits per heavy atom. The summed E-state index contributed by atoms with van der Waals surface area (Å²) in [5, 5.41) is 10.1. The lowest BCUT2D eigenvalue weighted by Crippen LogP contribution is -1.84. The second kappa shape index (κ2) is 10.9. The third kappa shape index (κ3) is 4.82. The summed E-state index contributed by atoms with van der Waals surface area (Å²) in [5.74, 6) is 0. The fourth-order valence-corrected chi connectivity index (χ4v) is 6.83. The number of rotatable bonds is 4. The maximum atomic E-state index is 2.31. The van der Waals surface area contributed by atoms with Crippen molar-refractivity contribution in [1.29, 1.82) is 0 Å². The van der Waals surface area contributed by atoms with Gasteiger partial charge in [-0.05, 0) is 130 Å². The quantitative estimate of drug-likeness (QED) is 0.194. The van der Waals surface area contributed by atoms with Gasteiger partial charge in [0.05, 0.1) is 0 Å². The smallest absolute Gasteiger partial charge is 0.0177 e. The van der Waals surface area contributed by atoms with Gasteiger partial charge in [-0.25, -0.2) is 0 Å². The van der Waals surface area contributed by atoms with Gasteiger partial charge in [0, 0.05) is 0 Å². The summed E-state index contributed by atoms with van der Waals surface area (Å²) in [7, 11) is 0. The highest BCUT2D eigenvalue weighted by atomic mass is 14.1. The van der Waals surface area contributed by atoms with Crippen LogP contribution >= 0.6 is 0 Å². The van der Waals surface area contributed by atoms with Crippen LogP contribution in [0.2, 0.25) is 0 Å². The van der Waals surface area contributed by atoms with Crippen molar-refractivity contribution in [2.45, 2.75) is 0 Å². The molecule has 0 aliphatic carbocycles. The predicted molar refractivity (Wildman–Crippen MR) is 198 cm³/mol. The Balaban J connectivity index is 1.01. The molecule has 0 saturated carbocycles. The third-order valence-electron chi connectivity index (χ3n) is 9.38. The van der Waals surface area contributed by atoms with Crippen LogP contribution in [0.5, 0.6) is 0 Å². The molecular weight excluding hydrogens is 553 g/mol. The molecule has 0 atom stereocenters. The van der Waals surface area contributed by atoms with Crippen LogP contribution in [0.3, 0.4) is 0 Å². The Morgan fingerprint density at radius 3 is 0.717 bits per heavy atom. The molecule has 9 aromatic rings. The minimum Gasteiger partial charge on any atom is -0.0616 e. The number of hydrogen-bond acceptors (Lipinski definition) is 0. The zero-order valence-electron chi connectivity index (χ0n) is 25.3. The highest BCUT2D eigenvalue weighted by Crippen LogP contribution is 2.34. The fraction of sp³-hybridized carbons (Fsp3) is 0. The van der Waals surface area contributed by atoms with Crippen LogP contribution in [-0.4, -0.2) is 0 Å². The van der Waals surface area contributed by atoms with E-state index in [0.717, 1.165) is 0 Å². The normalized spacial score (nSPS) is 11.5. The number of fused-ring (bicyclic) bond motifs is 4. The first-order valence-corrected chi connectivity index (χ1v) is 15.9. The lowest BCUT2D eigenvalue weighted by Gasteiger charge is -2.10. The molecule has 0 N–H and O–H groups in total. The van der Waals surface area contributed by atoms with E-state index >= 15 is 0 Å². The first kappa shape index (κ1) is 26.4. The van der Waals surface area contributed by atoms with Crippen LogP contribution in [0.25, 0.3) is 87.6 Å². The molecule has 0 heterocycles. The molecule has 0 aliphatic rings. The van der Waals surface area contributed by atoms with Crippen molar-refractivity contribution in [1.82, 2.24) is 0 Å². The van der Waals surface area contributed by atoms with E-state index in [9.17, 15) is 0 Å². The summed E-state index contributed by atoms with van der Waals surface area (Å²) in [5.41, 5.74) is 9.91. The first-order valence-electron chi connectivity index (χ1n) is 15.9. The van der Waals surface area contributed by atoms with Crippen molar-refractivity contribution in [3.63, 3.8) is 0 Å². The molecule has 0 fully saturated rings. The van der Waals surface area contributed by atoms with E-state index in [0.29, 0.717) is 0 Å². The lowest BCUT2D eigenvalue weighted by molar-refractivity contribution is 1.61. The number of hydrogen-bond donors (Lipinski definition) is 0. The highest BCUT2D eigenvalue weighted by Gasteiger charge is 2.08. The van der Waals surface area contributed by atoms with Crippen LogP contribution in [0.4, 0.5) is 0 Å². The van der Waals surface area contributed by atoms with Crippen molar-refractivity contribution < 1.29 is 0 Å². The van der Waals surface area contributed by atoms with Gasteiger partial charge in [0.2, 0.25) is 0 Å². The molecule has 9 rings (SSSR count). The van der Waals surface area contributed by atoms with Crippen LogP contribution in [0, 0.1) is 0 Å². The summed E-state index contributed by atoms with van der Waals surface area (Å²) in [6.45, 7) is 0. The molecule has 0 radical (unpaired) electrons. The van der Waals surface area contributed by atoms with Gasteiger partial charge < -0.3 is 0 Å². The highest BCUT2D eigenvalue weighted by molar-refractivity contribution is 5.96. The fourth-order valence-electron chi connectivity index (χ4n) is 6.83. The molecule has 9 aromatic carbocycles. The maximum Gasteiger partial charge on any atom is -0.0177 e. The molecule has 0 unspecified atom stereocenters. The Kier molecular flexibility index (Phi) is 6.25. The summed E-state index contributed by atoms with van der Waals surface area (Å²) in [6.07, 6.45) is 0. The zero-order chi connectivity index (χ0) is 30.5. The second-order valence-electron chi connectivity index (χ2n) is 12.3. The van der Waals surface area contributed by atoms with Gasteiger partial charge in [0.15, 0.2) is 0 Å². The van der Waals surface area contributed by atoms with E-state index in [4.69, 9.17) is 0 Å². The topological polar surface area (TPSA) is 0 Å². The summed E-state index contributed by atoms with van der Waals surface area (Å²) in [6, 6.07) is 66.7. The third-order valence-corrected chi connectivity index (χ3v) is 9.38. The molecule has 46 heavy (non-hydrogen) atoms. The van der Waals surface area contributed by atoms with E-state index in [1.807, 2.05) is 0 Å². The van der Waals surface area contributed by atoms with Gasteiger partial charge >= 0.3 is 0 Å². The van der Waals surface area contributed by atoms with Crippen LogP contribution in [0.15, 0.2) is 182 Å². The second-order valence-corrected chi connectivity index (χ2v) is 12.3. The van der Waals surface area contributed by atoms with Gasteiger partial charge in [-0.15, -0.1) is 0 Å². The van der Waals surface area contributed by atoms with Crippen LogP contribution in [0.1, 0.15) is 0 Å². The average molecular weight is 583 g/mol. The molecule has 0 aliphatic heterocycles. The largest absolute Gasteiger partial charge is 0.0616 e. The van der Waals surface area contributed by atoms with Gasteiger partial charge in [0.1, 0.15) is 0 Å². The minimum absolute atomic E-state index is 1.23. The summed E-state index contributed by atoms with van der Waals surface area (Å²) >= 11 is 0. The molecular formula is C46H30. The van der Waals surface area contributed by atoms with Crippen LogP contribution in [-0.2, 0) is 0 Å². The molecule has 0 bridgehead atoms. The van der Waals surface area contributed by atoms with Crippen molar-refractivity contribution >= 4 is 43.1 Å². The zero-order valence-corrected chi connectivity index (χ0v) is 25.3. The SMILES string of the molecule is c1cc(-c2ccc3ccccc3c2)cc(-c2ccc3cc(-c4ccc5cc(-c6ccc7ccccc7c6)ccc5c4)ccc3c2)c1. The average Bonchev–Trinajstić information content (AvgIpc) is 3.13.